The normalized spacial score (nSPS) is 13.6. The van der Waals surface area contributed by atoms with E-state index in [4.69, 9.17) is 20.8 Å². The SMILES string of the molecule is Cc1oc2cc(OCC(=O)NC3CC3)ccc2c(=O)c1-c1ccc(Cl)cc1. The van der Waals surface area contributed by atoms with Crippen molar-refractivity contribution in [1.82, 2.24) is 5.32 Å². The molecule has 27 heavy (non-hydrogen) atoms. The Morgan fingerprint density at radius 3 is 2.67 bits per heavy atom. The van der Waals surface area contributed by atoms with Crippen molar-refractivity contribution in [3.63, 3.8) is 0 Å². The van der Waals surface area contributed by atoms with Gasteiger partial charge in [0.05, 0.1) is 10.9 Å². The van der Waals surface area contributed by atoms with Gasteiger partial charge in [-0.15, -0.1) is 0 Å². The highest BCUT2D eigenvalue weighted by molar-refractivity contribution is 6.30. The maximum Gasteiger partial charge on any atom is 0.258 e. The quantitative estimate of drug-likeness (QED) is 0.720. The van der Waals surface area contributed by atoms with Gasteiger partial charge >= 0.3 is 0 Å². The number of fused-ring (bicyclic) bond motifs is 1. The predicted molar refractivity (Wildman–Crippen MR) is 104 cm³/mol. The molecule has 0 bridgehead atoms. The van der Waals surface area contributed by atoms with Gasteiger partial charge in [-0.05, 0) is 49.6 Å². The average Bonchev–Trinajstić information content (AvgIpc) is 3.45. The van der Waals surface area contributed by atoms with Gasteiger partial charge in [-0.1, -0.05) is 23.7 Å². The molecule has 4 rings (SSSR count). The zero-order valence-electron chi connectivity index (χ0n) is 14.8. The first-order chi connectivity index (χ1) is 13.0. The monoisotopic (exact) mass is 383 g/mol. The number of ether oxygens (including phenoxy) is 1. The lowest BCUT2D eigenvalue weighted by molar-refractivity contribution is -0.123. The maximum absolute atomic E-state index is 12.9. The number of aryl methyl sites for hydroxylation is 1. The Bertz CT molecular complexity index is 1070. The number of rotatable bonds is 5. The summed E-state index contributed by atoms with van der Waals surface area (Å²) in [6, 6.07) is 12.3. The zero-order valence-corrected chi connectivity index (χ0v) is 15.5. The molecule has 0 radical (unpaired) electrons. The van der Waals surface area contributed by atoms with Gasteiger partial charge in [-0.2, -0.15) is 0 Å². The molecular weight excluding hydrogens is 366 g/mol. The third-order valence-electron chi connectivity index (χ3n) is 4.49. The lowest BCUT2D eigenvalue weighted by Crippen LogP contribution is -2.30. The summed E-state index contributed by atoms with van der Waals surface area (Å²) >= 11 is 5.93. The molecule has 0 aliphatic heterocycles. The fourth-order valence-corrected chi connectivity index (χ4v) is 3.10. The summed E-state index contributed by atoms with van der Waals surface area (Å²) in [5, 5.41) is 3.93. The van der Waals surface area contributed by atoms with Gasteiger partial charge in [0.2, 0.25) is 5.43 Å². The maximum atomic E-state index is 12.9. The molecule has 6 heteroatoms. The first-order valence-corrected chi connectivity index (χ1v) is 9.14. The van der Waals surface area contributed by atoms with Crippen LogP contribution in [0.2, 0.25) is 5.02 Å². The second-order valence-corrected chi connectivity index (χ2v) is 7.09. The van der Waals surface area contributed by atoms with Gasteiger partial charge in [-0.3, -0.25) is 9.59 Å². The first kappa shape index (κ1) is 17.6. The molecule has 3 aromatic rings. The molecule has 0 atom stereocenters. The van der Waals surface area contributed by atoms with Crippen molar-refractivity contribution in [2.75, 3.05) is 6.61 Å². The Kier molecular flexibility index (Phi) is 4.62. The van der Waals surface area contributed by atoms with Crippen LogP contribution in [0.25, 0.3) is 22.1 Å². The number of amides is 1. The Morgan fingerprint density at radius 2 is 1.96 bits per heavy atom. The summed E-state index contributed by atoms with van der Waals surface area (Å²) in [4.78, 5) is 24.7. The summed E-state index contributed by atoms with van der Waals surface area (Å²) in [6.45, 7) is 1.69. The number of benzene rings is 2. The van der Waals surface area contributed by atoms with E-state index < -0.39 is 0 Å². The second kappa shape index (κ2) is 7.08. The van der Waals surface area contributed by atoms with Crippen molar-refractivity contribution in [3.8, 4) is 16.9 Å². The molecule has 5 nitrogen and oxygen atoms in total. The van der Waals surface area contributed by atoms with E-state index in [-0.39, 0.29) is 17.9 Å². The zero-order chi connectivity index (χ0) is 19.0. The van der Waals surface area contributed by atoms with Crippen molar-refractivity contribution >= 4 is 28.5 Å². The summed E-state index contributed by atoms with van der Waals surface area (Å²) < 4.78 is 11.4. The van der Waals surface area contributed by atoms with Gasteiger partial charge in [0.15, 0.2) is 6.61 Å². The van der Waals surface area contributed by atoms with Crippen molar-refractivity contribution in [2.24, 2.45) is 0 Å². The van der Waals surface area contributed by atoms with Crippen molar-refractivity contribution < 1.29 is 13.9 Å². The molecule has 1 aromatic heterocycles. The molecule has 1 fully saturated rings. The second-order valence-electron chi connectivity index (χ2n) is 6.66. The first-order valence-electron chi connectivity index (χ1n) is 8.77. The van der Waals surface area contributed by atoms with Crippen LogP contribution in [0, 0.1) is 6.92 Å². The minimum Gasteiger partial charge on any atom is -0.484 e. The van der Waals surface area contributed by atoms with E-state index in [1.807, 2.05) is 0 Å². The molecule has 1 heterocycles. The molecule has 0 saturated heterocycles. The summed E-state index contributed by atoms with van der Waals surface area (Å²) in [5.74, 6) is 0.849. The van der Waals surface area contributed by atoms with E-state index in [1.165, 1.54) is 0 Å². The molecule has 0 spiro atoms. The minimum absolute atomic E-state index is 0.0614. The predicted octanol–water partition coefficient (Wildman–Crippen LogP) is 4.08. The Balaban J connectivity index is 1.62. The van der Waals surface area contributed by atoms with Gasteiger partial charge in [-0.25, -0.2) is 0 Å². The van der Waals surface area contributed by atoms with E-state index in [2.05, 4.69) is 5.32 Å². The van der Waals surface area contributed by atoms with Crippen molar-refractivity contribution in [2.45, 2.75) is 25.8 Å². The van der Waals surface area contributed by atoms with Crippen LogP contribution in [0.1, 0.15) is 18.6 Å². The number of hydrogen-bond acceptors (Lipinski definition) is 4. The van der Waals surface area contributed by atoms with E-state index >= 15 is 0 Å². The van der Waals surface area contributed by atoms with Crippen LogP contribution in [-0.4, -0.2) is 18.6 Å². The van der Waals surface area contributed by atoms with Crippen LogP contribution in [0.15, 0.2) is 51.7 Å². The number of halogens is 1. The van der Waals surface area contributed by atoms with Crippen molar-refractivity contribution in [1.29, 1.82) is 0 Å². The highest BCUT2D eigenvalue weighted by atomic mass is 35.5. The highest BCUT2D eigenvalue weighted by Gasteiger charge is 2.23. The van der Waals surface area contributed by atoms with E-state index in [9.17, 15) is 9.59 Å². The average molecular weight is 384 g/mol. The van der Waals surface area contributed by atoms with Gasteiger partial charge in [0.25, 0.3) is 5.91 Å². The molecule has 1 N–H and O–H groups in total. The molecule has 138 valence electrons. The third kappa shape index (κ3) is 3.83. The molecule has 1 saturated carbocycles. The van der Waals surface area contributed by atoms with Gasteiger partial charge in [0, 0.05) is 17.1 Å². The van der Waals surface area contributed by atoms with Crippen LogP contribution in [-0.2, 0) is 4.79 Å². The highest BCUT2D eigenvalue weighted by Crippen LogP contribution is 2.27. The fourth-order valence-electron chi connectivity index (χ4n) is 2.97. The Morgan fingerprint density at radius 1 is 1.22 bits per heavy atom. The molecule has 1 aliphatic rings. The summed E-state index contributed by atoms with van der Waals surface area (Å²) in [6.07, 6.45) is 2.06. The van der Waals surface area contributed by atoms with Gasteiger partial charge < -0.3 is 14.5 Å². The molecule has 0 unspecified atom stereocenters. The Labute approximate surface area is 160 Å². The summed E-state index contributed by atoms with van der Waals surface area (Å²) in [5.41, 5.74) is 1.57. The van der Waals surface area contributed by atoms with Crippen molar-refractivity contribution in [3.05, 3.63) is 63.5 Å². The van der Waals surface area contributed by atoms with Crippen LogP contribution in [0.3, 0.4) is 0 Å². The standard InChI is InChI=1S/C21H18ClNO4/c1-12-20(13-2-4-14(22)5-3-13)21(25)17-9-8-16(10-18(17)27-12)26-11-19(24)23-15-6-7-15/h2-5,8-10,15H,6-7,11H2,1H3,(H,23,24). The smallest absolute Gasteiger partial charge is 0.258 e. The largest absolute Gasteiger partial charge is 0.484 e. The lowest BCUT2D eigenvalue weighted by atomic mass is 10.0. The fraction of sp³-hybridized carbons (Fsp3) is 0.238. The van der Waals surface area contributed by atoms with E-state index in [1.54, 1.807) is 49.4 Å². The number of carbonyl (C=O) groups excluding carboxylic acids is 1. The molecule has 2 aromatic carbocycles. The van der Waals surface area contributed by atoms with E-state index in [0.29, 0.717) is 39.1 Å². The minimum atomic E-state index is -0.145. The number of carbonyl (C=O) groups is 1. The van der Waals surface area contributed by atoms with Crippen LogP contribution < -0.4 is 15.5 Å². The van der Waals surface area contributed by atoms with Gasteiger partial charge in [0.1, 0.15) is 17.1 Å². The number of hydrogen-bond donors (Lipinski definition) is 1. The molecular formula is C21H18ClNO4. The van der Waals surface area contributed by atoms with E-state index in [0.717, 1.165) is 18.4 Å². The number of nitrogens with one attached hydrogen (secondary N) is 1. The van der Waals surface area contributed by atoms with Crippen LogP contribution >= 0.6 is 11.6 Å². The summed E-state index contributed by atoms with van der Waals surface area (Å²) in [7, 11) is 0. The molecule has 1 amide bonds. The van der Waals surface area contributed by atoms with Crippen LogP contribution in [0.5, 0.6) is 5.75 Å². The lowest BCUT2D eigenvalue weighted by Gasteiger charge is -2.10. The van der Waals surface area contributed by atoms with Crippen LogP contribution in [0.4, 0.5) is 0 Å². The third-order valence-corrected chi connectivity index (χ3v) is 4.74. The molecule has 1 aliphatic carbocycles. The Hall–Kier alpha value is -2.79. The topological polar surface area (TPSA) is 68.5 Å².